The highest BCUT2D eigenvalue weighted by atomic mass is 16.5. The summed E-state index contributed by atoms with van der Waals surface area (Å²) < 4.78 is 10.5. The van der Waals surface area contributed by atoms with Crippen molar-refractivity contribution in [3.05, 3.63) is 23.7 Å². The van der Waals surface area contributed by atoms with Gasteiger partial charge in [-0.3, -0.25) is 0 Å². The van der Waals surface area contributed by atoms with Crippen LogP contribution in [0.1, 0.15) is 35.9 Å². The van der Waals surface area contributed by atoms with E-state index in [1.54, 1.807) is 6.07 Å². The lowest BCUT2D eigenvalue weighted by Gasteiger charge is -2.17. The Balaban J connectivity index is 1.81. The zero-order valence-electron chi connectivity index (χ0n) is 10.5. The molecule has 0 saturated carbocycles. The van der Waals surface area contributed by atoms with Crippen molar-refractivity contribution in [3.8, 4) is 0 Å². The number of ether oxygens (including phenoxy) is 1. The van der Waals surface area contributed by atoms with Crippen molar-refractivity contribution in [2.24, 2.45) is 5.92 Å². The van der Waals surface area contributed by atoms with E-state index in [2.05, 4.69) is 12.2 Å². The third-order valence-corrected chi connectivity index (χ3v) is 3.41. The molecule has 2 N–H and O–H groups in total. The molecular weight excluding hydrogens is 234 g/mol. The highest BCUT2D eigenvalue weighted by Crippen LogP contribution is 2.22. The normalized spacial score (nSPS) is 23.4. The first-order valence-electron chi connectivity index (χ1n) is 6.34. The summed E-state index contributed by atoms with van der Waals surface area (Å²) in [5, 5.41) is 12.2. The Kier molecular flexibility index (Phi) is 4.38. The SMILES string of the molecule is CCC1OCCC1CNCc1ccoc1C(=O)O. The van der Waals surface area contributed by atoms with Gasteiger partial charge in [-0.2, -0.15) is 0 Å². The summed E-state index contributed by atoms with van der Waals surface area (Å²) in [5.74, 6) is -0.472. The van der Waals surface area contributed by atoms with Crippen LogP contribution in [0.3, 0.4) is 0 Å². The summed E-state index contributed by atoms with van der Waals surface area (Å²) in [5.41, 5.74) is 0.689. The molecule has 1 aromatic rings. The van der Waals surface area contributed by atoms with Crippen LogP contribution in [0.15, 0.2) is 16.7 Å². The van der Waals surface area contributed by atoms with Crippen LogP contribution in [-0.4, -0.2) is 30.3 Å². The minimum absolute atomic E-state index is 0.0252. The second kappa shape index (κ2) is 6.02. The van der Waals surface area contributed by atoms with E-state index in [1.165, 1.54) is 6.26 Å². The molecule has 1 saturated heterocycles. The molecular formula is C13H19NO4. The summed E-state index contributed by atoms with van der Waals surface area (Å²) in [7, 11) is 0. The first-order valence-corrected chi connectivity index (χ1v) is 6.34. The Morgan fingerprint density at radius 1 is 1.61 bits per heavy atom. The van der Waals surface area contributed by atoms with Crippen molar-refractivity contribution < 1.29 is 19.1 Å². The Morgan fingerprint density at radius 2 is 2.44 bits per heavy atom. The number of carboxylic acid groups (broad SMARTS) is 1. The highest BCUT2D eigenvalue weighted by Gasteiger charge is 2.26. The Bertz CT molecular complexity index is 401. The van der Waals surface area contributed by atoms with E-state index in [1.807, 2.05) is 0 Å². The molecule has 1 aliphatic rings. The predicted molar refractivity (Wildman–Crippen MR) is 65.5 cm³/mol. The number of hydrogen-bond acceptors (Lipinski definition) is 4. The maximum absolute atomic E-state index is 10.9. The fraction of sp³-hybridized carbons (Fsp3) is 0.615. The first kappa shape index (κ1) is 13.1. The number of rotatable bonds is 6. The van der Waals surface area contributed by atoms with Crippen LogP contribution in [0.5, 0.6) is 0 Å². The molecule has 1 aromatic heterocycles. The van der Waals surface area contributed by atoms with Crippen molar-refractivity contribution in [2.45, 2.75) is 32.4 Å². The molecule has 5 heteroatoms. The number of aromatic carboxylic acids is 1. The van der Waals surface area contributed by atoms with Crippen LogP contribution >= 0.6 is 0 Å². The third-order valence-electron chi connectivity index (χ3n) is 3.41. The standard InChI is InChI=1S/C13H19NO4/c1-2-11-9(3-5-17-11)7-14-8-10-4-6-18-12(10)13(15)16/h4,6,9,11,14H,2-3,5,7-8H2,1H3,(H,15,16). The van der Waals surface area contributed by atoms with Crippen LogP contribution in [0.4, 0.5) is 0 Å². The number of carboxylic acids is 1. The number of furan rings is 1. The summed E-state index contributed by atoms with van der Waals surface area (Å²) >= 11 is 0. The number of nitrogens with one attached hydrogen (secondary N) is 1. The maximum atomic E-state index is 10.9. The minimum Gasteiger partial charge on any atom is -0.475 e. The second-order valence-electron chi connectivity index (χ2n) is 4.58. The smallest absolute Gasteiger partial charge is 0.372 e. The Morgan fingerprint density at radius 3 is 3.17 bits per heavy atom. The molecule has 1 aliphatic heterocycles. The molecule has 5 nitrogen and oxygen atoms in total. The van der Waals surface area contributed by atoms with Gasteiger partial charge in [0.15, 0.2) is 0 Å². The van der Waals surface area contributed by atoms with Crippen LogP contribution < -0.4 is 5.32 Å². The average molecular weight is 253 g/mol. The van der Waals surface area contributed by atoms with Crippen LogP contribution in [0.2, 0.25) is 0 Å². The Labute approximate surface area is 106 Å². The highest BCUT2D eigenvalue weighted by molar-refractivity contribution is 5.86. The number of hydrogen-bond donors (Lipinski definition) is 2. The van der Waals surface area contributed by atoms with Crippen molar-refractivity contribution in [1.82, 2.24) is 5.32 Å². The first-order chi connectivity index (χ1) is 8.72. The van der Waals surface area contributed by atoms with Gasteiger partial charge in [-0.15, -0.1) is 0 Å². The zero-order chi connectivity index (χ0) is 13.0. The molecule has 0 aliphatic carbocycles. The van der Waals surface area contributed by atoms with Crippen molar-refractivity contribution in [2.75, 3.05) is 13.2 Å². The molecule has 2 heterocycles. The monoisotopic (exact) mass is 253 g/mol. The molecule has 2 unspecified atom stereocenters. The number of carbonyl (C=O) groups is 1. The Hall–Kier alpha value is -1.33. The van der Waals surface area contributed by atoms with Gasteiger partial charge in [0.1, 0.15) is 0 Å². The van der Waals surface area contributed by atoms with Crippen LogP contribution in [0, 0.1) is 5.92 Å². The molecule has 100 valence electrons. The fourth-order valence-electron chi connectivity index (χ4n) is 2.43. The molecule has 2 atom stereocenters. The predicted octanol–water partition coefficient (Wildman–Crippen LogP) is 1.88. The van der Waals surface area contributed by atoms with E-state index in [-0.39, 0.29) is 5.76 Å². The van der Waals surface area contributed by atoms with Gasteiger partial charge in [0.2, 0.25) is 5.76 Å². The maximum Gasteiger partial charge on any atom is 0.372 e. The molecule has 0 amide bonds. The fourth-order valence-corrected chi connectivity index (χ4v) is 2.43. The third kappa shape index (κ3) is 2.91. The van der Waals surface area contributed by atoms with Gasteiger partial charge in [0, 0.05) is 25.3 Å². The van der Waals surface area contributed by atoms with Crippen molar-refractivity contribution in [3.63, 3.8) is 0 Å². The second-order valence-corrected chi connectivity index (χ2v) is 4.58. The van der Waals surface area contributed by atoms with E-state index >= 15 is 0 Å². The van der Waals surface area contributed by atoms with Gasteiger partial charge < -0.3 is 19.6 Å². The summed E-state index contributed by atoms with van der Waals surface area (Å²) in [6, 6.07) is 1.69. The lowest BCUT2D eigenvalue weighted by molar-refractivity contribution is 0.0660. The quantitative estimate of drug-likeness (QED) is 0.810. The average Bonchev–Trinajstić information content (AvgIpc) is 2.97. The lowest BCUT2D eigenvalue weighted by Crippen LogP contribution is -2.28. The van der Waals surface area contributed by atoms with Gasteiger partial charge >= 0.3 is 5.97 Å². The molecule has 18 heavy (non-hydrogen) atoms. The van der Waals surface area contributed by atoms with Crippen molar-refractivity contribution in [1.29, 1.82) is 0 Å². The minimum atomic E-state index is -1.02. The van der Waals surface area contributed by atoms with Crippen LogP contribution in [-0.2, 0) is 11.3 Å². The topological polar surface area (TPSA) is 71.7 Å². The van der Waals surface area contributed by atoms with E-state index < -0.39 is 5.97 Å². The van der Waals surface area contributed by atoms with E-state index in [9.17, 15) is 4.79 Å². The van der Waals surface area contributed by atoms with E-state index in [0.29, 0.717) is 24.1 Å². The van der Waals surface area contributed by atoms with Gasteiger partial charge in [0.25, 0.3) is 0 Å². The molecule has 2 rings (SSSR count). The molecule has 0 spiro atoms. The largest absolute Gasteiger partial charge is 0.475 e. The van der Waals surface area contributed by atoms with Crippen molar-refractivity contribution >= 4 is 5.97 Å². The molecule has 0 aromatic carbocycles. The zero-order valence-corrected chi connectivity index (χ0v) is 10.5. The lowest BCUT2D eigenvalue weighted by atomic mass is 9.99. The van der Waals surface area contributed by atoms with Crippen LogP contribution in [0.25, 0.3) is 0 Å². The van der Waals surface area contributed by atoms with Gasteiger partial charge in [-0.25, -0.2) is 4.79 Å². The molecule has 1 fully saturated rings. The molecule has 0 radical (unpaired) electrons. The van der Waals surface area contributed by atoms with Gasteiger partial charge in [-0.1, -0.05) is 6.92 Å². The molecule has 0 bridgehead atoms. The van der Waals surface area contributed by atoms with E-state index in [0.717, 1.165) is 26.0 Å². The summed E-state index contributed by atoms with van der Waals surface area (Å²) in [4.78, 5) is 10.9. The van der Waals surface area contributed by atoms with Gasteiger partial charge in [0.05, 0.1) is 12.4 Å². The summed E-state index contributed by atoms with van der Waals surface area (Å²) in [6.45, 7) is 4.33. The van der Waals surface area contributed by atoms with Gasteiger partial charge in [-0.05, 0) is 24.8 Å². The van der Waals surface area contributed by atoms with E-state index in [4.69, 9.17) is 14.3 Å². The summed E-state index contributed by atoms with van der Waals surface area (Å²) in [6.07, 6.45) is 3.84.